The maximum atomic E-state index is 11.9. The van der Waals surface area contributed by atoms with Crippen LogP contribution in [-0.2, 0) is 10.0 Å². The minimum absolute atomic E-state index is 0.110. The van der Waals surface area contributed by atoms with Crippen LogP contribution in [0, 0.1) is 5.41 Å². The summed E-state index contributed by atoms with van der Waals surface area (Å²) < 4.78 is 61.5. The number of nitrogens with one attached hydrogen (secondary N) is 1. The molecule has 0 heterocycles. The van der Waals surface area contributed by atoms with Crippen LogP contribution in [0.25, 0.3) is 0 Å². The minimum atomic E-state index is -4.29. The SMILES string of the molecule is CC1(C)CCC(NS(=O)(=O)CCCC(F)(F)F)C1. The summed E-state index contributed by atoms with van der Waals surface area (Å²) in [6.45, 7) is 4.12. The zero-order chi connectivity index (χ0) is 14.0. The van der Waals surface area contributed by atoms with Crippen molar-refractivity contribution in [1.29, 1.82) is 0 Å². The van der Waals surface area contributed by atoms with E-state index < -0.39 is 28.4 Å². The molecule has 0 aliphatic heterocycles. The van der Waals surface area contributed by atoms with Gasteiger partial charge in [0.25, 0.3) is 0 Å². The molecule has 1 aliphatic carbocycles. The van der Waals surface area contributed by atoms with Crippen molar-refractivity contribution < 1.29 is 21.6 Å². The molecule has 0 bridgehead atoms. The molecule has 3 nitrogen and oxygen atoms in total. The summed E-state index contributed by atoms with van der Waals surface area (Å²) in [5.74, 6) is -0.455. The fourth-order valence-electron chi connectivity index (χ4n) is 2.31. The fraction of sp³-hybridized carbons (Fsp3) is 1.00. The maximum Gasteiger partial charge on any atom is 0.389 e. The number of rotatable bonds is 5. The number of alkyl halides is 3. The highest BCUT2D eigenvalue weighted by Crippen LogP contribution is 2.37. The van der Waals surface area contributed by atoms with Gasteiger partial charge in [0, 0.05) is 12.5 Å². The Hall–Kier alpha value is -0.300. The van der Waals surface area contributed by atoms with E-state index in [1.807, 2.05) is 0 Å². The first kappa shape index (κ1) is 15.8. The Morgan fingerprint density at radius 1 is 1.33 bits per heavy atom. The first-order valence-corrected chi connectivity index (χ1v) is 7.71. The van der Waals surface area contributed by atoms with E-state index in [1.54, 1.807) is 0 Å². The Balaban J connectivity index is 2.37. The van der Waals surface area contributed by atoms with Crippen LogP contribution in [0.1, 0.15) is 46.0 Å². The van der Waals surface area contributed by atoms with Crippen molar-refractivity contribution in [3.8, 4) is 0 Å². The van der Waals surface area contributed by atoms with E-state index in [0.29, 0.717) is 0 Å². The van der Waals surface area contributed by atoms with E-state index in [2.05, 4.69) is 18.6 Å². The summed E-state index contributed by atoms with van der Waals surface area (Å²) in [5.41, 5.74) is 0.110. The molecule has 1 rings (SSSR count). The second-order valence-electron chi connectivity index (χ2n) is 5.76. The van der Waals surface area contributed by atoms with Gasteiger partial charge in [-0.05, 0) is 31.1 Å². The van der Waals surface area contributed by atoms with E-state index in [4.69, 9.17) is 0 Å². The monoisotopic (exact) mass is 287 g/mol. The lowest BCUT2D eigenvalue weighted by molar-refractivity contribution is -0.134. The van der Waals surface area contributed by atoms with Crippen LogP contribution >= 0.6 is 0 Å². The molecule has 1 fully saturated rings. The third kappa shape index (κ3) is 6.04. The summed E-state index contributed by atoms with van der Waals surface area (Å²) >= 11 is 0. The Bertz CT molecular complexity index is 376. The lowest BCUT2D eigenvalue weighted by Gasteiger charge is -2.18. The third-order valence-corrected chi connectivity index (χ3v) is 4.71. The lowest BCUT2D eigenvalue weighted by atomic mass is 9.92. The lowest BCUT2D eigenvalue weighted by Crippen LogP contribution is -2.35. The van der Waals surface area contributed by atoms with Gasteiger partial charge >= 0.3 is 6.18 Å². The van der Waals surface area contributed by atoms with E-state index in [9.17, 15) is 21.6 Å². The van der Waals surface area contributed by atoms with Crippen LogP contribution < -0.4 is 4.72 Å². The summed E-state index contributed by atoms with van der Waals surface area (Å²) in [4.78, 5) is 0. The number of halogens is 3. The van der Waals surface area contributed by atoms with Crippen molar-refractivity contribution in [3.05, 3.63) is 0 Å². The van der Waals surface area contributed by atoms with Gasteiger partial charge < -0.3 is 0 Å². The molecule has 18 heavy (non-hydrogen) atoms. The molecule has 1 atom stereocenters. The summed E-state index contributed by atoms with van der Waals surface area (Å²) in [7, 11) is -3.59. The zero-order valence-corrected chi connectivity index (χ0v) is 11.5. The molecule has 108 valence electrons. The van der Waals surface area contributed by atoms with Crippen LogP contribution in [-0.4, -0.2) is 26.4 Å². The Morgan fingerprint density at radius 2 is 1.94 bits per heavy atom. The van der Waals surface area contributed by atoms with Gasteiger partial charge in [-0.3, -0.25) is 0 Å². The van der Waals surface area contributed by atoms with Crippen molar-refractivity contribution in [1.82, 2.24) is 4.72 Å². The van der Waals surface area contributed by atoms with E-state index >= 15 is 0 Å². The molecule has 7 heteroatoms. The molecule has 1 N–H and O–H groups in total. The summed E-state index contributed by atoms with van der Waals surface area (Å²) in [6, 6.07) is -0.129. The van der Waals surface area contributed by atoms with Gasteiger partial charge in [-0.15, -0.1) is 0 Å². The van der Waals surface area contributed by atoms with Crippen molar-refractivity contribution in [2.75, 3.05) is 5.75 Å². The third-order valence-electron chi connectivity index (χ3n) is 3.19. The normalized spacial score (nSPS) is 24.4. The van der Waals surface area contributed by atoms with Gasteiger partial charge in [0.15, 0.2) is 0 Å². The Morgan fingerprint density at radius 3 is 2.39 bits per heavy atom. The number of sulfonamides is 1. The highest BCUT2D eigenvalue weighted by molar-refractivity contribution is 7.89. The molecule has 0 saturated heterocycles. The average molecular weight is 287 g/mol. The second-order valence-corrected chi connectivity index (χ2v) is 7.63. The topological polar surface area (TPSA) is 46.2 Å². The minimum Gasteiger partial charge on any atom is -0.212 e. The molecule has 0 aromatic carbocycles. The van der Waals surface area contributed by atoms with Crippen LogP contribution in [0.2, 0.25) is 0 Å². The van der Waals surface area contributed by atoms with E-state index in [1.165, 1.54) is 0 Å². The van der Waals surface area contributed by atoms with Gasteiger partial charge in [-0.2, -0.15) is 13.2 Å². The van der Waals surface area contributed by atoms with Crippen LogP contribution in [0.3, 0.4) is 0 Å². The quantitative estimate of drug-likeness (QED) is 0.845. The molecule has 0 aromatic rings. The smallest absolute Gasteiger partial charge is 0.212 e. The standard InChI is InChI=1S/C11H20F3NO2S/c1-10(2)6-4-9(8-10)15-18(16,17)7-3-5-11(12,13)14/h9,15H,3-8H2,1-2H3. The van der Waals surface area contributed by atoms with Crippen molar-refractivity contribution >= 4 is 10.0 Å². The summed E-state index contributed by atoms with van der Waals surface area (Å²) in [5, 5.41) is 0. The molecule has 0 amide bonds. The zero-order valence-electron chi connectivity index (χ0n) is 10.7. The van der Waals surface area contributed by atoms with Crippen molar-refractivity contribution in [2.45, 2.75) is 58.2 Å². The second kappa shape index (κ2) is 5.36. The first-order chi connectivity index (χ1) is 7.99. The molecular weight excluding hydrogens is 267 g/mol. The van der Waals surface area contributed by atoms with Crippen LogP contribution in [0.4, 0.5) is 13.2 Å². The van der Waals surface area contributed by atoms with Gasteiger partial charge in [-0.25, -0.2) is 13.1 Å². The molecular formula is C11H20F3NO2S. The van der Waals surface area contributed by atoms with Crippen LogP contribution in [0.15, 0.2) is 0 Å². The average Bonchev–Trinajstić information content (AvgIpc) is 2.41. The molecule has 1 aliphatic rings. The first-order valence-electron chi connectivity index (χ1n) is 6.06. The maximum absolute atomic E-state index is 11.9. The van der Waals surface area contributed by atoms with E-state index in [-0.39, 0.29) is 17.9 Å². The van der Waals surface area contributed by atoms with Gasteiger partial charge in [-0.1, -0.05) is 13.8 Å². The number of hydrogen-bond donors (Lipinski definition) is 1. The van der Waals surface area contributed by atoms with Crippen LogP contribution in [0.5, 0.6) is 0 Å². The van der Waals surface area contributed by atoms with Gasteiger partial charge in [0.05, 0.1) is 5.75 Å². The molecule has 1 saturated carbocycles. The van der Waals surface area contributed by atoms with Gasteiger partial charge in [0.1, 0.15) is 0 Å². The van der Waals surface area contributed by atoms with Gasteiger partial charge in [0.2, 0.25) is 10.0 Å². The van der Waals surface area contributed by atoms with Crippen molar-refractivity contribution in [2.24, 2.45) is 5.41 Å². The largest absolute Gasteiger partial charge is 0.389 e. The summed E-state index contributed by atoms with van der Waals surface area (Å²) in [6.07, 6.45) is -3.29. The fourth-order valence-corrected chi connectivity index (χ4v) is 3.66. The Kier molecular flexibility index (Phi) is 4.70. The predicted octanol–water partition coefficient (Wildman–Crippen LogP) is 2.83. The molecule has 1 unspecified atom stereocenters. The number of hydrogen-bond acceptors (Lipinski definition) is 2. The molecule has 0 spiro atoms. The van der Waals surface area contributed by atoms with Crippen molar-refractivity contribution in [3.63, 3.8) is 0 Å². The predicted molar refractivity (Wildman–Crippen MR) is 63.6 cm³/mol. The molecule has 0 aromatic heterocycles. The highest BCUT2D eigenvalue weighted by Gasteiger charge is 2.33. The van der Waals surface area contributed by atoms with E-state index in [0.717, 1.165) is 19.3 Å². The molecule has 0 radical (unpaired) electrons. The Labute approximate surface area is 106 Å². The highest BCUT2D eigenvalue weighted by atomic mass is 32.2.